The number of rotatable bonds is 8. The van der Waals surface area contributed by atoms with Crippen LogP contribution in [0.15, 0.2) is 87.9 Å². The first-order chi connectivity index (χ1) is 15.1. The van der Waals surface area contributed by atoms with Crippen molar-refractivity contribution in [3.63, 3.8) is 0 Å². The van der Waals surface area contributed by atoms with E-state index in [1.807, 2.05) is 60.7 Å². The van der Waals surface area contributed by atoms with Crippen molar-refractivity contribution in [3.05, 3.63) is 100 Å². The molecule has 7 heteroatoms. The van der Waals surface area contributed by atoms with Gasteiger partial charge in [0.05, 0.1) is 10.0 Å². The fourth-order valence-corrected chi connectivity index (χ4v) is 3.39. The molecule has 0 atom stereocenters. The molecule has 1 N–H and O–H groups in total. The maximum absolute atomic E-state index is 11.2. The summed E-state index contributed by atoms with van der Waals surface area (Å²) >= 11 is 3.52. The van der Waals surface area contributed by atoms with E-state index in [0.29, 0.717) is 34.7 Å². The molecule has 156 valence electrons. The molecule has 31 heavy (non-hydrogen) atoms. The van der Waals surface area contributed by atoms with Crippen LogP contribution in [-0.2, 0) is 13.2 Å². The number of aromatic carboxylic acids is 1. The number of hydrogen-bond acceptors (Lipinski definition) is 5. The monoisotopic (exact) mass is 479 g/mol. The van der Waals surface area contributed by atoms with Crippen molar-refractivity contribution in [1.29, 1.82) is 0 Å². The molecule has 0 aliphatic carbocycles. The quantitative estimate of drug-likeness (QED) is 0.335. The average molecular weight is 480 g/mol. The minimum Gasteiger partial charge on any atom is -0.488 e. The second-order valence-corrected chi connectivity index (χ2v) is 7.56. The standard InChI is InChI=1S/C24H18BrNO5/c25-19-11-18(22-12-20(24(27)28)26-31-22)21(29-14-16-7-3-1-4-8-16)13-23(19)30-15-17-9-5-2-6-10-17/h1-13H,14-15H2,(H,27,28). The van der Waals surface area contributed by atoms with Crippen molar-refractivity contribution < 1.29 is 23.9 Å². The molecule has 0 aliphatic rings. The minimum absolute atomic E-state index is 0.176. The summed E-state index contributed by atoms with van der Waals surface area (Å²) in [4.78, 5) is 11.2. The molecule has 1 aromatic heterocycles. The number of nitrogens with zero attached hydrogens (tertiary/aromatic N) is 1. The topological polar surface area (TPSA) is 81.8 Å². The third-order valence-corrected chi connectivity index (χ3v) is 5.12. The van der Waals surface area contributed by atoms with E-state index in [-0.39, 0.29) is 11.5 Å². The number of aromatic nitrogens is 1. The highest BCUT2D eigenvalue weighted by Gasteiger charge is 2.19. The molecular weight excluding hydrogens is 462 g/mol. The SMILES string of the molecule is O=C(O)c1cc(-c2cc(Br)c(OCc3ccccc3)cc2OCc2ccccc2)on1. The van der Waals surface area contributed by atoms with Gasteiger partial charge in [0.15, 0.2) is 11.5 Å². The lowest BCUT2D eigenvalue weighted by Gasteiger charge is -2.15. The van der Waals surface area contributed by atoms with Gasteiger partial charge in [-0.2, -0.15) is 0 Å². The summed E-state index contributed by atoms with van der Waals surface area (Å²) in [5, 5.41) is 12.8. The molecule has 4 rings (SSSR count). The zero-order valence-corrected chi connectivity index (χ0v) is 17.9. The molecule has 6 nitrogen and oxygen atoms in total. The lowest BCUT2D eigenvalue weighted by atomic mass is 10.1. The summed E-state index contributed by atoms with van der Waals surface area (Å²) in [5.74, 6) is 0.205. The van der Waals surface area contributed by atoms with Crippen molar-refractivity contribution in [2.75, 3.05) is 0 Å². The Hall–Kier alpha value is -3.58. The molecule has 0 saturated carbocycles. The fourth-order valence-electron chi connectivity index (χ4n) is 2.93. The molecule has 0 saturated heterocycles. The summed E-state index contributed by atoms with van der Waals surface area (Å²) in [7, 11) is 0. The van der Waals surface area contributed by atoms with E-state index in [9.17, 15) is 4.79 Å². The van der Waals surface area contributed by atoms with Crippen LogP contribution in [0.1, 0.15) is 21.6 Å². The highest BCUT2D eigenvalue weighted by molar-refractivity contribution is 9.10. The molecule has 0 bridgehead atoms. The second-order valence-electron chi connectivity index (χ2n) is 6.71. The maximum Gasteiger partial charge on any atom is 0.358 e. The zero-order valence-electron chi connectivity index (χ0n) is 16.3. The molecular formula is C24H18BrNO5. The number of carboxylic acid groups (broad SMARTS) is 1. The Morgan fingerprint density at radius 1 is 0.871 bits per heavy atom. The lowest BCUT2D eigenvalue weighted by Crippen LogP contribution is -2.00. The molecule has 0 aliphatic heterocycles. The van der Waals surface area contributed by atoms with Gasteiger partial charge >= 0.3 is 5.97 Å². The van der Waals surface area contributed by atoms with E-state index in [2.05, 4.69) is 21.1 Å². The van der Waals surface area contributed by atoms with Gasteiger partial charge in [0.25, 0.3) is 0 Å². The number of carbonyl (C=O) groups is 1. The van der Waals surface area contributed by atoms with E-state index >= 15 is 0 Å². The van der Waals surface area contributed by atoms with Gasteiger partial charge in [-0.3, -0.25) is 0 Å². The molecule has 0 radical (unpaired) electrons. The second kappa shape index (κ2) is 9.49. The zero-order chi connectivity index (χ0) is 21.6. The molecule has 4 aromatic rings. The normalized spacial score (nSPS) is 10.6. The van der Waals surface area contributed by atoms with Crippen LogP contribution in [0, 0.1) is 0 Å². The van der Waals surface area contributed by atoms with Crippen molar-refractivity contribution in [3.8, 4) is 22.8 Å². The van der Waals surface area contributed by atoms with Crippen LogP contribution in [0.2, 0.25) is 0 Å². The molecule has 0 fully saturated rings. The summed E-state index contributed by atoms with van der Waals surface area (Å²) in [5.41, 5.74) is 2.41. The number of halogens is 1. The number of hydrogen-bond donors (Lipinski definition) is 1. The van der Waals surface area contributed by atoms with E-state index < -0.39 is 5.97 Å². The Balaban J connectivity index is 1.65. The van der Waals surface area contributed by atoms with Crippen LogP contribution in [-0.4, -0.2) is 16.2 Å². The smallest absolute Gasteiger partial charge is 0.358 e. The van der Waals surface area contributed by atoms with Crippen LogP contribution < -0.4 is 9.47 Å². The van der Waals surface area contributed by atoms with Crippen molar-refractivity contribution in [1.82, 2.24) is 5.16 Å². The largest absolute Gasteiger partial charge is 0.488 e. The van der Waals surface area contributed by atoms with Crippen LogP contribution in [0.25, 0.3) is 11.3 Å². The summed E-state index contributed by atoms with van der Waals surface area (Å²) in [6, 6.07) is 24.4. The Bertz CT molecular complexity index is 1180. The first kappa shape index (κ1) is 20.7. The number of ether oxygens (including phenoxy) is 2. The average Bonchev–Trinajstić information content (AvgIpc) is 3.29. The Morgan fingerprint density at radius 2 is 1.45 bits per heavy atom. The maximum atomic E-state index is 11.2. The van der Waals surface area contributed by atoms with E-state index in [1.54, 1.807) is 12.1 Å². The Kier molecular flexibility index (Phi) is 6.33. The highest BCUT2D eigenvalue weighted by Crippen LogP contribution is 2.39. The van der Waals surface area contributed by atoms with Crippen LogP contribution in [0.3, 0.4) is 0 Å². The van der Waals surface area contributed by atoms with Gasteiger partial charge < -0.3 is 19.1 Å². The van der Waals surface area contributed by atoms with E-state index in [1.165, 1.54) is 6.07 Å². The van der Waals surface area contributed by atoms with Gasteiger partial charge in [-0.15, -0.1) is 0 Å². The van der Waals surface area contributed by atoms with Gasteiger partial charge in [0, 0.05) is 12.1 Å². The first-order valence-corrected chi connectivity index (χ1v) is 10.3. The van der Waals surface area contributed by atoms with Gasteiger partial charge in [-0.05, 0) is 33.1 Å². The van der Waals surface area contributed by atoms with Crippen molar-refractivity contribution >= 4 is 21.9 Å². The van der Waals surface area contributed by atoms with Gasteiger partial charge in [0.1, 0.15) is 24.7 Å². The van der Waals surface area contributed by atoms with Crippen LogP contribution >= 0.6 is 15.9 Å². The van der Waals surface area contributed by atoms with Crippen LogP contribution in [0.5, 0.6) is 11.5 Å². The van der Waals surface area contributed by atoms with E-state index in [4.69, 9.17) is 19.1 Å². The summed E-state index contributed by atoms with van der Waals surface area (Å²) < 4.78 is 18.0. The number of benzene rings is 3. The van der Waals surface area contributed by atoms with Crippen LogP contribution in [0.4, 0.5) is 0 Å². The first-order valence-electron chi connectivity index (χ1n) is 9.47. The predicted molar refractivity (Wildman–Crippen MR) is 118 cm³/mol. The summed E-state index contributed by atoms with van der Waals surface area (Å²) in [6.07, 6.45) is 0. The Morgan fingerprint density at radius 3 is 2.00 bits per heavy atom. The molecule has 0 unspecified atom stereocenters. The third-order valence-electron chi connectivity index (χ3n) is 4.50. The van der Waals surface area contributed by atoms with Crippen molar-refractivity contribution in [2.45, 2.75) is 13.2 Å². The minimum atomic E-state index is -1.16. The summed E-state index contributed by atoms with van der Waals surface area (Å²) in [6.45, 7) is 0.718. The Labute approximate surface area is 187 Å². The molecule has 1 heterocycles. The molecule has 0 spiro atoms. The third kappa shape index (κ3) is 5.13. The van der Waals surface area contributed by atoms with Gasteiger partial charge in [-0.1, -0.05) is 65.8 Å². The van der Waals surface area contributed by atoms with Gasteiger partial charge in [-0.25, -0.2) is 4.79 Å². The molecule has 3 aromatic carbocycles. The number of carboxylic acids is 1. The van der Waals surface area contributed by atoms with Crippen molar-refractivity contribution in [2.24, 2.45) is 0 Å². The predicted octanol–water partition coefficient (Wildman–Crippen LogP) is 5.96. The fraction of sp³-hybridized carbons (Fsp3) is 0.0833. The highest BCUT2D eigenvalue weighted by atomic mass is 79.9. The van der Waals surface area contributed by atoms with Gasteiger partial charge in [0.2, 0.25) is 0 Å². The lowest BCUT2D eigenvalue weighted by molar-refractivity contribution is 0.0686. The molecule has 0 amide bonds. The van der Waals surface area contributed by atoms with E-state index in [0.717, 1.165) is 11.1 Å².